The van der Waals surface area contributed by atoms with Gasteiger partial charge in [0.2, 0.25) is 0 Å². The monoisotopic (exact) mass is 1050 g/mol. The third-order valence-electron chi connectivity index (χ3n) is 6.95. The van der Waals surface area contributed by atoms with Crippen LogP contribution >= 0.6 is 18.8 Å². The molecule has 6 aromatic carbocycles. The first-order valence-corrected chi connectivity index (χ1v) is 32.2. The molecule has 0 aliphatic carbocycles. The van der Waals surface area contributed by atoms with Crippen molar-refractivity contribution in [2.75, 3.05) is 0 Å². The number of hydrogen-bond acceptors (Lipinski definition) is 4. The van der Waals surface area contributed by atoms with E-state index in [9.17, 15) is 9.81 Å². The van der Waals surface area contributed by atoms with Crippen LogP contribution in [0.2, 0.25) is 0 Å². The van der Waals surface area contributed by atoms with Gasteiger partial charge in [0.25, 0.3) is 0 Å². The minimum atomic E-state index is -4.19. The van der Waals surface area contributed by atoms with Gasteiger partial charge in [0.05, 0.1) is 0 Å². The number of hydrogen-bond donors (Lipinski definition) is 0. The molecule has 238 valence electrons. The van der Waals surface area contributed by atoms with E-state index in [2.05, 4.69) is 191 Å². The quantitative estimate of drug-likeness (QED) is 0.124. The van der Waals surface area contributed by atoms with Crippen molar-refractivity contribution in [1.82, 2.24) is 0 Å². The topological polar surface area (TPSA) is 58.9 Å². The fourth-order valence-electron chi connectivity index (χ4n) is 4.80. The fourth-order valence-corrected chi connectivity index (χ4v) is 18.9. The van der Waals surface area contributed by atoms with Crippen LogP contribution in [0.1, 0.15) is 11.1 Å². The molecule has 0 atom stereocenters. The molecule has 0 aliphatic rings. The van der Waals surface area contributed by atoms with Crippen molar-refractivity contribution in [2.24, 2.45) is 7.47 Å². The van der Waals surface area contributed by atoms with Gasteiger partial charge in [0.1, 0.15) is 0 Å². The summed E-state index contributed by atoms with van der Waals surface area (Å²) in [6.45, 7) is 4.47. The van der Waals surface area contributed by atoms with Crippen LogP contribution < -0.4 is 21.1 Å². The molecule has 0 radical (unpaired) electrons. The molecule has 0 spiro atoms. The van der Waals surface area contributed by atoms with Gasteiger partial charge in [0, 0.05) is 0 Å². The molecule has 0 amide bonds. The van der Waals surface area contributed by atoms with Gasteiger partial charge in [-0.15, -0.1) is 0 Å². The van der Waals surface area contributed by atoms with Crippen LogP contribution in [0.15, 0.2) is 177 Å². The van der Waals surface area contributed by atoms with E-state index in [1.165, 1.54) is 25.2 Å². The zero-order valence-corrected chi connectivity index (χ0v) is 35.5. The Morgan fingerprint density at radius 3 is 0.851 bits per heavy atom. The fraction of sp³-hybridized carbons (Fsp3) is 0.0526. The molecule has 6 rings (SSSR count). The summed E-state index contributed by atoms with van der Waals surface area (Å²) in [6, 6.07) is 61.8. The number of rotatable bonds is 8. The molecule has 0 aliphatic heterocycles. The number of halogens is 2. The Hall–Kier alpha value is -2.58. The Morgan fingerprint density at radius 2 is 0.638 bits per heavy atom. The zero-order valence-electron chi connectivity index (χ0n) is 25.9. The third kappa shape index (κ3) is 11.2. The van der Waals surface area contributed by atoms with E-state index in [0.29, 0.717) is 0 Å². The number of benzene rings is 6. The van der Waals surface area contributed by atoms with Crippen molar-refractivity contribution < 1.29 is 14.5 Å². The van der Waals surface area contributed by atoms with Crippen molar-refractivity contribution in [2.45, 2.75) is 13.8 Å². The Labute approximate surface area is 303 Å². The normalized spacial score (nSPS) is 11.0. The van der Waals surface area contributed by atoms with Crippen molar-refractivity contribution in [3.8, 4) is 0 Å². The molecule has 0 saturated carbocycles. The summed E-state index contributed by atoms with van der Waals surface area (Å²) in [6.07, 6.45) is 0. The second-order valence-corrected chi connectivity index (χ2v) is 35.0. The molecule has 0 saturated heterocycles. The van der Waals surface area contributed by atoms with Gasteiger partial charge in [-0.25, -0.2) is 0 Å². The summed E-state index contributed by atoms with van der Waals surface area (Å²) in [5.41, 5.74) is 2.84. The molecule has 0 unspecified atom stereocenters. The zero-order chi connectivity index (χ0) is 33.5. The molecule has 0 fully saturated rings. The van der Waals surface area contributed by atoms with Gasteiger partial charge in [-0.1, -0.05) is 0 Å². The standard InChI is InChI=1S/2C7H7.4C6H5.2ClH.2NO.2Sb.W/c2*1-7-5-3-2-4-6-7;4*1-2-4-6-5-3-1;;;2*1-2;;;/h2*2-5H,1H3;4*1-5H;2*1H;;;;;/q;;;;;;;;2*-1;;;+4/p-2. The molecule has 0 bridgehead atoms. The summed E-state index contributed by atoms with van der Waals surface area (Å²) in [7, 11) is 9.84. The van der Waals surface area contributed by atoms with Gasteiger partial charge in [-0.05, 0) is 0 Å². The van der Waals surface area contributed by atoms with Crippen molar-refractivity contribution in [3.63, 3.8) is 0 Å². The summed E-state index contributed by atoms with van der Waals surface area (Å²) in [5, 5.41) is 0. The summed E-state index contributed by atoms with van der Waals surface area (Å²) in [5.74, 6) is 0. The Morgan fingerprint density at radius 1 is 0.404 bits per heavy atom. The Balaban J connectivity index is 0.000000178. The predicted molar refractivity (Wildman–Crippen MR) is 201 cm³/mol. The molecule has 0 aromatic heterocycles. The average Bonchev–Trinajstić information content (AvgIpc) is 3.13. The van der Waals surface area contributed by atoms with Crippen LogP contribution in [0, 0.1) is 23.7 Å². The van der Waals surface area contributed by atoms with E-state index < -0.39 is 54.9 Å². The Kier molecular flexibility index (Phi) is 15.4. The molecular weight excluding hydrogens is 1010 g/mol. The number of nitroso groups, excluding NO2 is 2. The van der Waals surface area contributed by atoms with E-state index >= 15 is 0 Å². The maximum absolute atomic E-state index is 9.34. The second kappa shape index (κ2) is 19.4. The average molecular weight is 1050 g/mol. The van der Waals surface area contributed by atoms with E-state index in [1.807, 2.05) is 0 Å². The molecule has 6 aromatic rings. The van der Waals surface area contributed by atoms with Gasteiger partial charge < -0.3 is 0 Å². The van der Waals surface area contributed by atoms with Crippen molar-refractivity contribution in [1.29, 1.82) is 0 Å². The summed E-state index contributed by atoms with van der Waals surface area (Å²) >= 11 is -7.94. The van der Waals surface area contributed by atoms with E-state index in [0.717, 1.165) is 0 Å². The van der Waals surface area contributed by atoms with Crippen molar-refractivity contribution >= 4 is 80.3 Å². The molecule has 0 N–H and O–H groups in total. The Bertz CT molecular complexity index is 1620. The van der Waals surface area contributed by atoms with Crippen LogP contribution in [0.4, 0.5) is 0 Å². The molecule has 47 heavy (non-hydrogen) atoms. The van der Waals surface area contributed by atoms with Gasteiger partial charge in [-0.3, -0.25) is 0 Å². The van der Waals surface area contributed by atoms with Gasteiger partial charge in [0.15, 0.2) is 0 Å². The van der Waals surface area contributed by atoms with Crippen LogP contribution in [0.3, 0.4) is 0 Å². The van der Waals surface area contributed by atoms with E-state index in [1.54, 1.807) is 7.02 Å². The van der Waals surface area contributed by atoms with Gasteiger partial charge in [-0.2, -0.15) is 0 Å². The van der Waals surface area contributed by atoms with Crippen LogP contribution in [0.5, 0.6) is 0 Å². The SMILES string of the molecule is Cc1cccc[c]1[Sb]([c]1ccccc1)[c]1ccccc1.Cc1cccc[c]1[Sb]([c]1ccccc1)[c]1ccccc1.O=[N][W]([Cl])([Cl])[N]=O. The van der Waals surface area contributed by atoms with Crippen LogP contribution in [-0.2, 0) is 14.5 Å². The summed E-state index contributed by atoms with van der Waals surface area (Å²) in [4.78, 5) is 18.7. The molecule has 0 heterocycles. The summed E-state index contributed by atoms with van der Waals surface area (Å²) < 4.78 is 13.5. The van der Waals surface area contributed by atoms with Crippen molar-refractivity contribution in [3.05, 3.63) is 191 Å². The van der Waals surface area contributed by atoms with Crippen LogP contribution in [0.25, 0.3) is 0 Å². The van der Waals surface area contributed by atoms with E-state index in [-0.39, 0.29) is 0 Å². The first-order chi connectivity index (χ1) is 22.8. The predicted octanol–water partition coefficient (Wildman–Crippen LogP) is 6.83. The maximum atomic E-state index is 9.34. The third-order valence-corrected chi connectivity index (χ3v) is 25.0. The first-order valence-electron chi connectivity index (χ1n) is 14.7. The molecule has 9 heteroatoms. The van der Waals surface area contributed by atoms with E-state index in [4.69, 9.17) is 18.8 Å². The molecule has 4 nitrogen and oxygen atoms in total. The second-order valence-electron chi connectivity index (χ2n) is 10.2. The minimum absolute atomic E-state index is 1.42. The van der Waals surface area contributed by atoms with Gasteiger partial charge >= 0.3 is 307 Å². The molecular formula is C38H34Cl2N2O2Sb2W. The van der Waals surface area contributed by atoms with Crippen LogP contribution in [-0.4, -0.2) is 40.4 Å². The first kappa shape index (κ1) is 37.2. The number of nitrogens with zero attached hydrogens (tertiary/aromatic N) is 2. The number of aryl methyl sites for hydroxylation is 2.